The highest BCUT2D eigenvalue weighted by molar-refractivity contribution is 7.09. The molecule has 0 aliphatic carbocycles. The van der Waals surface area contributed by atoms with Gasteiger partial charge < -0.3 is 15.5 Å². The third kappa shape index (κ3) is 7.96. The van der Waals surface area contributed by atoms with E-state index in [0.29, 0.717) is 13.0 Å². The van der Waals surface area contributed by atoms with E-state index < -0.39 is 0 Å². The third-order valence-corrected chi connectivity index (χ3v) is 5.06. The van der Waals surface area contributed by atoms with Crippen molar-refractivity contribution in [2.75, 3.05) is 31.9 Å². The van der Waals surface area contributed by atoms with Crippen LogP contribution in [0.15, 0.2) is 41.8 Å². The normalized spacial score (nSPS) is 10.1. The molecular weight excluding hydrogens is 389 g/mol. The zero-order valence-corrected chi connectivity index (χ0v) is 17.8. The molecule has 146 valence electrons. The first-order valence-electron chi connectivity index (χ1n) is 8.49. The van der Waals surface area contributed by atoms with Crippen LogP contribution in [-0.4, -0.2) is 41.9 Å². The summed E-state index contributed by atoms with van der Waals surface area (Å²) in [5.41, 5.74) is 7.45. The Bertz CT molecular complexity index is 616. The van der Waals surface area contributed by atoms with Crippen molar-refractivity contribution in [2.24, 2.45) is 0 Å². The molecule has 2 N–H and O–H groups in total. The van der Waals surface area contributed by atoms with Gasteiger partial charge >= 0.3 is 0 Å². The summed E-state index contributed by atoms with van der Waals surface area (Å²) in [4.78, 5) is 18.3. The van der Waals surface area contributed by atoms with E-state index in [1.165, 1.54) is 4.88 Å². The van der Waals surface area contributed by atoms with E-state index in [1.807, 2.05) is 35.2 Å². The van der Waals surface area contributed by atoms with Gasteiger partial charge in [-0.3, -0.25) is 4.79 Å². The highest BCUT2D eigenvalue weighted by atomic mass is 35.5. The zero-order chi connectivity index (χ0) is 17.4. The molecule has 0 fully saturated rings. The van der Waals surface area contributed by atoms with Crippen molar-refractivity contribution < 1.29 is 4.79 Å². The molecular formula is C19H29Cl2N3OS. The fraction of sp³-hybridized carbons (Fsp3) is 0.421. The molecule has 4 nitrogen and oxygen atoms in total. The molecule has 1 aromatic heterocycles. The minimum atomic E-state index is 0. The number of nitrogens with zero attached hydrogens (tertiary/aromatic N) is 2. The lowest BCUT2D eigenvalue weighted by Crippen LogP contribution is -2.38. The van der Waals surface area contributed by atoms with Crippen LogP contribution < -0.4 is 5.73 Å². The maximum atomic E-state index is 12.8. The summed E-state index contributed by atoms with van der Waals surface area (Å²) in [6.07, 6.45) is 0.421. The Morgan fingerprint density at radius 1 is 1.04 bits per heavy atom. The molecule has 0 saturated heterocycles. The first kappa shape index (κ1) is 24.7. The maximum absolute atomic E-state index is 12.8. The van der Waals surface area contributed by atoms with E-state index in [1.54, 1.807) is 11.3 Å². The van der Waals surface area contributed by atoms with Gasteiger partial charge in [-0.2, -0.15) is 0 Å². The van der Waals surface area contributed by atoms with E-state index in [0.717, 1.165) is 37.4 Å². The average Bonchev–Trinajstić information content (AvgIpc) is 3.09. The van der Waals surface area contributed by atoms with Crippen LogP contribution in [0.3, 0.4) is 0 Å². The van der Waals surface area contributed by atoms with Crippen molar-refractivity contribution in [1.82, 2.24) is 9.80 Å². The van der Waals surface area contributed by atoms with E-state index in [-0.39, 0.29) is 30.7 Å². The molecule has 0 radical (unpaired) electrons. The Morgan fingerprint density at radius 3 is 2.23 bits per heavy atom. The second kappa shape index (κ2) is 13.0. The number of benzene rings is 1. The molecule has 1 heterocycles. The molecule has 0 saturated carbocycles. The van der Waals surface area contributed by atoms with Crippen molar-refractivity contribution >= 4 is 47.7 Å². The van der Waals surface area contributed by atoms with Gasteiger partial charge in [-0.1, -0.05) is 32.0 Å². The van der Waals surface area contributed by atoms with Crippen LogP contribution in [0.5, 0.6) is 0 Å². The van der Waals surface area contributed by atoms with Crippen molar-refractivity contribution in [3.05, 3.63) is 52.2 Å². The summed E-state index contributed by atoms with van der Waals surface area (Å²) in [6, 6.07) is 11.7. The number of nitrogens with two attached hydrogens (primary N) is 1. The van der Waals surface area contributed by atoms with Crippen LogP contribution in [0.4, 0.5) is 5.69 Å². The van der Waals surface area contributed by atoms with E-state index in [9.17, 15) is 4.79 Å². The number of likely N-dealkylation sites (N-methyl/N-ethyl adjacent to an activating group) is 1. The lowest BCUT2D eigenvalue weighted by atomic mass is 10.1. The van der Waals surface area contributed by atoms with Gasteiger partial charge in [-0.25, -0.2) is 0 Å². The molecule has 1 amide bonds. The molecule has 1 aromatic carbocycles. The van der Waals surface area contributed by atoms with Gasteiger partial charge in [0.1, 0.15) is 0 Å². The predicted octanol–water partition coefficient (Wildman–Crippen LogP) is 4.09. The summed E-state index contributed by atoms with van der Waals surface area (Å²) in [6.45, 7) is 8.68. The van der Waals surface area contributed by atoms with Gasteiger partial charge in [-0.05, 0) is 42.2 Å². The number of thiophene rings is 1. The number of anilines is 1. The number of carbonyl (C=O) groups excluding carboxylic acids is 1. The predicted molar refractivity (Wildman–Crippen MR) is 117 cm³/mol. The van der Waals surface area contributed by atoms with Gasteiger partial charge in [0, 0.05) is 23.7 Å². The number of amides is 1. The third-order valence-electron chi connectivity index (χ3n) is 4.20. The fourth-order valence-electron chi connectivity index (χ4n) is 2.61. The van der Waals surface area contributed by atoms with Crippen molar-refractivity contribution in [3.63, 3.8) is 0 Å². The van der Waals surface area contributed by atoms with E-state index in [4.69, 9.17) is 5.73 Å². The van der Waals surface area contributed by atoms with Gasteiger partial charge in [0.05, 0.1) is 13.0 Å². The molecule has 7 heteroatoms. The molecule has 0 aliphatic heterocycles. The molecule has 0 bridgehead atoms. The summed E-state index contributed by atoms with van der Waals surface area (Å²) in [7, 11) is 0. The van der Waals surface area contributed by atoms with Crippen LogP contribution in [0, 0.1) is 0 Å². The highest BCUT2D eigenvalue weighted by Crippen LogP contribution is 2.14. The Labute approximate surface area is 173 Å². The molecule has 26 heavy (non-hydrogen) atoms. The number of hydrogen-bond acceptors (Lipinski definition) is 4. The number of halogens is 2. The summed E-state index contributed by atoms with van der Waals surface area (Å²) >= 11 is 1.70. The van der Waals surface area contributed by atoms with Crippen LogP contribution in [-0.2, 0) is 17.8 Å². The minimum absolute atomic E-state index is 0. The Kier molecular flexibility index (Phi) is 12.3. The molecule has 0 atom stereocenters. The van der Waals surface area contributed by atoms with Crippen molar-refractivity contribution in [2.45, 2.75) is 26.8 Å². The van der Waals surface area contributed by atoms with Gasteiger partial charge in [0.25, 0.3) is 0 Å². The molecule has 0 unspecified atom stereocenters. The van der Waals surface area contributed by atoms with Crippen molar-refractivity contribution in [1.29, 1.82) is 0 Å². The van der Waals surface area contributed by atoms with Crippen LogP contribution in [0.25, 0.3) is 0 Å². The van der Waals surface area contributed by atoms with Gasteiger partial charge in [0.2, 0.25) is 5.91 Å². The maximum Gasteiger partial charge on any atom is 0.227 e. The monoisotopic (exact) mass is 417 g/mol. The lowest BCUT2D eigenvalue weighted by Gasteiger charge is -2.26. The van der Waals surface area contributed by atoms with E-state index in [2.05, 4.69) is 30.2 Å². The lowest BCUT2D eigenvalue weighted by molar-refractivity contribution is -0.131. The Hall–Kier alpha value is -1.27. The second-order valence-electron chi connectivity index (χ2n) is 5.84. The number of carbonyl (C=O) groups is 1. The van der Waals surface area contributed by atoms with E-state index >= 15 is 0 Å². The largest absolute Gasteiger partial charge is 0.399 e. The van der Waals surface area contributed by atoms with Crippen LogP contribution >= 0.6 is 36.2 Å². The van der Waals surface area contributed by atoms with Gasteiger partial charge in [0.15, 0.2) is 0 Å². The Morgan fingerprint density at radius 2 is 1.69 bits per heavy atom. The standard InChI is InChI=1S/C19H27N3OS.2ClH/c1-3-21(4-2)11-12-22(15-18-6-5-13-24-18)19(23)14-16-7-9-17(20)10-8-16;;/h5-10,13H,3-4,11-12,14-15,20H2,1-2H3;2*1H. The molecule has 2 aromatic rings. The fourth-order valence-corrected chi connectivity index (χ4v) is 3.33. The zero-order valence-electron chi connectivity index (χ0n) is 15.4. The smallest absolute Gasteiger partial charge is 0.227 e. The van der Waals surface area contributed by atoms with Crippen molar-refractivity contribution in [3.8, 4) is 0 Å². The first-order valence-corrected chi connectivity index (χ1v) is 9.37. The summed E-state index contributed by atoms with van der Waals surface area (Å²) < 4.78 is 0. The molecule has 0 spiro atoms. The topological polar surface area (TPSA) is 49.6 Å². The number of hydrogen-bond donors (Lipinski definition) is 1. The SMILES string of the molecule is CCN(CC)CCN(Cc1cccs1)C(=O)Cc1ccc(N)cc1.Cl.Cl. The molecule has 2 rings (SSSR count). The van der Waals surface area contributed by atoms with Crippen LogP contribution in [0.1, 0.15) is 24.3 Å². The first-order chi connectivity index (χ1) is 11.6. The highest BCUT2D eigenvalue weighted by Gasteiger charge is 2.16. The number of rotatable bonds is 9. The summed E-state index contributed by atoms with van der Waals surface area (Å²) in [5.74, 6) is 0.167. The van der Waals surface area contributed by atoms with Crippen LogP contribution in [0.2, 0.25) is 0 Å². The quantitative estimate of drug-likeness (QED) is 0.624. The summed E-state index contributed by atoms with van der Waals surface area (Å²) in [5, 5.41) is 2.06. The second-order valence-corrected chi connectivity index (χ2v) is 6.87. The minimum Gasteiger partial charge on any atom is -0.399 e. The number of nitrogen functional groups attached to an aromatic ring is 1. The average molecular weight is 418 g/mol. The van der Waals surface area contributed by atoms with Gasteiger partial charge in [-0.15, -0.1) is 36.2 Å². The Balaban J connectivity index is 0.00000312. The molecule has 0 aliphatic rings.